The molecule has 0 spiro atoms. The second-order valence-electron chi connectivity index (χ2n) is 4.86. The molecular formula is C15H12N4O. The van der Waals surface area contributed by atoms with Gasteiger partial charge in [0, 0.05) is 18.0 Å². The van der Waals surface area contributed by atoms with Crippen LogP contribution in [0.2, 0.25) is 0 Å². The normalized spacial score (nSPS) is 11.5. The number of nitrogens with one attached hydrogen (secondary N) is 1. The third kappa shape index (κ3) is 1.60. The van der Waals surface area contributed by atoms with E-state index >= 15 is 0 Å². The number of aromatic nitrogens is 4. The van der Waals surface area contributed by atoms with Gasteiger partial charge in [0.25, 0.3) is 0 Å². The van der Waals surface area contributed by atoms with E-state index in [1.54, 1.807) is 6.20 Å². The lowest BCUT2D eigenvalue weighted by Gasteiger charge is -1.95. The first kappa shape index (κ1) is 11.2. The lowest BCUT2D eigenvalue weighted by Crippen LogP contribution is -1.85. The van der Waals surface area contributed by atoms with Crippen molar-refractivity contribution >= 4 is 22.3 Å². The van der Waals surface area contributed by atoms with Crippen LogP contribution >= 0.6 is 0 Å². The number of pyridine rings is 2. The first-order valence-electron chi connectivity index (χ1n) is 6.39. The molecule has 5 heteroatoms. The number of rotatable bonds is 1. The van der Waals surface area contributed by atoms with E-state index < -0.39 is 0 Å². The summed E-state index contributed by atoms with van der Waals surface area (Å²) in [7, 11) is 0. The Bertz CT molecular complexity index is 903. The molecule has 1 N–H and O–H groups in total. The smallest absolute Gasteiger partial charge is 0.178 e. The maximum absolute atomic E-state index is 5.77. The Morgan fingerprint density at radius 1 is 1.15 bits per heavy atom. The van der Waals surface area contributed by atoms with E-state index in [9.17, 15) is 0 Å². The SMILES string of the molecule is Cc1cc(C)c2[nH]c(-c3cc4ncccc4o3)nc2n1. The Morgan fingerprint density at radius 3 is 2.90 bits per heavy atom. The Morgan fingerprint density at radius 2 is 2.05 bits per heavy atom. The Balaban J connectivity index is 1.95. The van der Waals surface area contributed by atoms with Gasteiger partial charge in [-0.05, 0) is 37.6 Å². The van der Waals surface area contributed by atoms with E-state index in [2.05, 4.69) is 19.9 Å². The van der Waals surface area contributed by atoms with Crippen molar-refractivity contribution in [3.8, 4) is 11.6 Å². The fourth-order valence-corrected chi connectivity index (χ4v) is 2.41. The molecule has 0 amide bonds. The first-order chi connectivity index (χ1) is 9.70. The summed E-state index contributed by atoms with van der Waals surface area (Å²) in [5.41, 5.74) is 5.32. The van der Waals surface area contributed by atoms with Crippen LogP contribution in [0.1, 0.15) is 11.3 Å². The minimum absolute atomic E-state index is 0.675. The van der Waals surface area contributed by atoms with Gasteiger partial charge in [0.1, 0.15) is 5.52 Å². The van der Waals surface area contributed by atoms with Crippen LogP contribution in [0.3, 0.4) is 0 Å². The molecule has 4 rings (SSSR count). The van der Waals surface area contributed by atoms with Crippen molar-refractivity contribution in [1.82, 2.24) is 19.9 Å². The summed E-state index contributed by atoms with van der Waals surface area (Å²) >= 11 is 0. The molecule has 4 heterocycles. The molecule has 0 unspecified atom stereocenters. The summed E-state index contributed by atoms with van der Waals surface area (Å²) in [5.74, 6) is 1.35. The van der Waals surface area contributed by atoms with Gasteiger partial charge >= 0.3 is 0 Å². The van der Waals surface area contributed by atoms with Gasteiger partial charge in [0.05, 0.1) is 5.52 Å². The van der Waals surface area contributed by atoms with Crippen LogP contribution < -0.4 is 0 Å². The van der Waals surface area contributed by atoms with Gasteiger partial charge < -0.3 is 9.40 Å². The molecule has 0 atom stereocenters. The van der Waals surface area contributed by atoms with E-state index in [4.69, 9.17) is 4.42 Å². The molecule has 0 aliphatic rings. The van der Waals surface area contributed by atoms with Crippen molar-refractivity contribution in [2.24, 2.45) is 0 Å². The number of furan rings is 1. The zero-order valence-corrected chi connectivity index (χ0v) is 11.1. The Hall–Kier alpha value is -2.69. The number of aryl methyl sites for hydroxylation is 2. The van der Waals surface area contributed by atoms with Crippen molar-refractivity contribution in [3.05, 3.63) is 41.7 Å². The number of hydrogen-bond acceptors (Lipinski definition) is 4. The molecule has 0 radical (unpaired) electrons. The van der Waals surface area contributed by atoms with Crippen molar-refractivity contribution in [2.75, 3.05) is 0 Å². The van der Waals surface area contributed by atoms with Gasteiger partial charge in [-0.15, -0.1) is 0 Å². The van der Waals surface area contributed by atoms with Crippen LogP contribution in [-0.4, -0.2) is 19.9 Å². The van der Waals surface area contributed by atoms with Crippen molar-refractivity contribution < 1.29 is 4.42 Å². The molecule has 0 fully saturated rings. The van der Waals surface area contributed by atoms with Crippen LogP contribution in [-0.2, 0) is 0 Å². The second kappa shape index (κ2) is 3.90. The highest BCUT2D eigenvalue weighted by Crippen LogP contribution is 2.26. The first-order valence-corrected chi connectivity index (χ1v) is 6.39. The fourth-order valence-electron chi connectivity index (χ4n) is 2.41. The summed E-state index contributed by atoms with van der Waals surface area (Å²) in [6.45, 7) is 4.01. The number of imidazole rings is 1. The highest BCUT2D eigenvalue weighted by Gasteiger charge is 2.13. The van der Waals surface area contributed by atoms with Crippen molar-refractivity contribution in [1.29, 1.82) is 0 Å². The summed E-state index contributed by atoms with van der Waals surface area (Å²) in [6, 6.07) is 7.66. The molecule has 0 aromatic carbocycles. The van der Waals surface area contributed by atoms with Crippen LogP contribution in [0.5, 0.6) is 0 Å². The largest absolute Gasteiger partial charge is 0.451 e. The average molecular weight is 264 g/mol. The van der Waals surface area contributed by atoms with Crippen molar-refractivity contribution in [3.63, 3.8) is 0 Å². The number of hydrogen-bond donors (Lipinski definition) is 1. The third-order valence-corrected chi connectivity index (χ3v) is 3.31. The number of nitrogens with zero attached hydrogens (tertiary/aromatic N) is 3. The van der Waals surface area contributed by atoms with E-state index in [1.807, 2.05) is 38.1 Å². The summed E-state index contributed by atoms with van der Waals surface area (Å²) in [4.78, 5) is 16.5. The standard InChI is InChI=1S/C15H12N4O/c1-8-6-9(2)17-15-13(8)18-14(19-15)12-7-10-11(20-12)4-3-5-16-10/h3-7H,1-2H3,(H,17,18,19). The molecule has 20 heavy (non-hydrogen) atoms. The van der Waals surface area contributed by atoms with Gasteiger partial charge in [-0.1, -0.05) is 0 Å². The van der Waals surface area contributed by atoms with Crippen molar-refractivity contribution in [2.45, 2.75) is 13.8 Å². The molecule has 4 aromatic rings. The molecule has 0 bridgehead atoms. The lowest BCUT2D eigenvalue weighted by molar-refractivity contribution is 0.626. The maximum atomic E-state index is 5.77. The monoisotopic (exact) mass is 264 g/mol. The number of H-pyrrole nitrogens is 1. The summed E-state index contributed by atoms with van der Waals surface area (Å²) in [6.07, 6.45) is 1.75. The molecule has 4 aromatic heterocycles. The molecular weight excluding hydrogens is 252 g/mol. The molecule has 0 saturated heterocycles. The lowest BCUT2D eigenvalue weighted by atomic mass is 10.2. The molecule has 98 valence electrons. The fraction of sp³-hybridized carbons (Fsp3) is 0.133. The predicted octanol–water partition coefficient (Wildman–Crippen LogP) is 3.38. The third-order valence-electron chi connectivity index (χ3n) is 3.31. The van der Waals surface area contributed by atoms with Gasteiger partial charge in [0.15, 0.2) is 22.8 Å². The van der Waals surface area contributed by atoms with E-state index in [1.165, 1.54) is 0 Å². The molecule has 0 aliphatic carbocycles. The van der Waals surface area contributed by atoms with Crippen LogP contribution in [0, 0.1) is 13.8 Å². The summed E-state index contributed by atoms with van der Waals surface area (Å²) in [5, 5.41) is 0. The number of fused-ring (bicyclic) bond motifs is 2. The Labute approximate surface area is 114 Å². The zero-order valence-electron chi connectivity index (χ0n) is 11.1. The van der Waals surface area contributed by atoms with E-state index in [-0.39, 0.29) is 0 Å². The van der Waals surface area contributed by atoms with Crippen LogP contribution in [0.15, 0.2) is 34.9 Å². The zero-order chi connectivity index (χ0) is 13.7. The minimum atomic E-state index is 0.675. The predicted molar refractivity (Wildman–Crippen MR) is 76.4 cm³/mol. The van der Waals surface area contributed by atoms with Gasteiger partial charge in [0.2, 0.25) is 0 Å². The van der Waals surface area contributed by atoms with E-state index in [0.717, 1.165) is 27.9 Å². The maximum Gasteiger partial charge on any atom is 0.178 e. The van der Waals surface area contributed by atoms with Crippen LogP contribution in [0.25, 0.3) is 33.8 Å². The molecule has 5 nitrogen and oxygen atoms in total. The van der Waals surface area contributed by atoms with E-state index in [0.29, 0.717) is 17.2 Å². The number of aromatic amines is 1. The van der Waals surface area contributed by atoms with Gasteiger partial charge in [-0.25, -0.2) is 9.97 Å². The van der Waals surface area contributed by atoms with Gasteiger partial charge in [-0.2, -0.15) is 0 Å². The quantitative estimate of drug-likeness (QED) is 0.572. The highest BCUT2D eigenvalue weighted by molar-refractivity contribution is 5.82. The van der Waals surface area contributed by atoms with Gasteiger partial charge in [-0.3, -0.25) is 4.98 Å². The Kier molecular flexibility index (Phi) is 2.18. The minimum Gasteiger partial charge on any atom is -0.451 e. The highest BCUT2D eigenvalue weighted by atomic mass is 16.3. The topological polar surface area (TPSA) is 67.6 Å². The average Bonchev–Trinajstić information content (AvgIpc) is 3.01. The molecule has 0 saturated carbocycles. The second-order valence-corrected chi connectivity index (χ2v) is 4.86. The molecule has 0 aliphatic heterocycles. The van der Waals surface area contributed by atoms with Crippen LogP contribution in [0.4, 0.5) is 0 Å². The summed E-state index contributed by atoms with van der Waals surface area (Å²) < 4.78 is 5.77.